The lowest BCUT2D eigenvalue weighted by Gasteiger charge is -2.25. The summed E-state index contributed by atoms with van der Waals surface area (Å²) in [6.45, 7) is 4.70. The van der Waals surface area contributed by atoms with Crippen molar-refractivity contribution in [1.82, 2.24) is 4.90 Å². The number of hydrogen-bond donors (Lipinski definition) is 1. The molecule has 1 aromatic carbocycles. The summed E-state index contributed by atoms with van der Waals surface area (Å²) in [6.07, 6.45) is 2.20. The smallest absolute Gasteiger partial charge is 0.337 e. The van der Waals surface area contributed by atoms with Gasteiger partial charge in [-0.3, -0.25) is 14.7 Å². The minimum absolute atomic E-state index is 0.0772. The largest absolute Gasteiger partial charge is 0.511 e. The molecular formula is C21H26N2O5. The molecule has 0 amide bonds. The molecule has 0 spiro atoms. The van der Waals surface area contributed by atoms with Gasteiger partial charge in [-0.2, -0.15) is 0 Å². The van der Waals surface area contributed by atoms with E-state index in [0.717, 1.165) is 38.4 Å². The van der Waals surface area contributed by atoms with Gasteiger partial charge in [0, 0.05) is 38.7 Å². The van der Waals surface area contributed by atoms with E-state index in [1.165, 1.54) is 13.3 Å². The van der Waals surface area contributed by atoms with E-state index in [2.05, 4.69) is 9.89 Å². The summed E-state index contributed by atoms with van der Waals surface area (Å²) >= 11 is 0. The Morgan fingerprint density at radius 1 is 1.29 bits per heavy atom. The second-order valence-electron chi connectivity index (χ2n) is 6.99. The lowest BCUT2D eigenvalue weighted by Crippen LogP contribution is -2.37. The van der Waals surface area contributed by atoms with Crippen LogP contribution >= 0.6 is 0 Å². The number of rotatable bonds is 6. The van der Waals surface area contributed by atoms with E-state index in [-0.39, 0.29) is 17.5 Å². The van der Waals surface area contributed by atoms with Gasteiger partial charge in [0.05, 0.1) is 38.0 Å². The number of benzene rings is 1. The van der Waals surface area contributed by atoms with Crippen LogP contribution in [0.15, 0.2) is 40.6 Å². The van der Waals surface area contributed by atoms with E-state index in [9.17, 15) is 14.7 Å². The lowest BCUT2D eigenvalue weighted by atomic mass is 9.82. The molecule has 0 saturated carbocycles. The number of aliphatic hydroxyl groups excluding tert-OH is 1. The molecule has 1 fully saturated rings. The molecule has 7 nitrogen and oxygen atoms in total. The van der Waals surface area contributed by atoms with E-state index in [4.69, 9.17) is 9.47 Å². The highest BCUT2D eigenvalue weighted by Gasteiger charge is 2.27. The summed E-state index contributed by atoms with van der Waals surface area (Å²) < 4.78 is 10.0. The highest BCUT2D eigenvalue weighted by Crippen LogP contribution is 2.33. The molecule has 0 radical (unpaired) electrons. The Kier molecular flexibility index (Phi) is 6.95. The van der Waals surface area contributed by atoms with Crippen molar-refractivity contribution in [1.29, 1.82) is 0 Å². The van der Waals surface area contributed by atoms with E-state index < -0.39 is 5.97 Å². The lowest BCUT2D eigenvalue weighted by molar-refractivity contribution is -0.116. The SMILES string of the molecule is COC(=O)c1ccc(C2CC(=O)C(C=NCCN3CCOCC3)=C(O)C2)cc1. The highest BCUT2D eigenvalue weighted by atomic mass is 16.5. The Morgan fingerprint density at radius 2 is 2.00 bits per heavy atom. The fourth-order valence-corrected chi connectivity index (χ4v) is 3.48. The number of ether oxygens (including phenoxy) is 2. The van der Waals surface area contributed by atoms with Crippen molar-refractivity contribution in [3.8, 4) is 0 Å². The molecule has 0 bridgehead atoms. The first-order valence-corrected chi connectivity index (χ1v) is 9.52. The fraction of sp³-hybridized carbons (Fsp3) is 0.476. The summed E-state index contributed by atoms with van der Waals surface area (Å²) in [4.78, 5) is 30.6. The van der Waals surface area contributed by atoms with Gasteiger partial charge in [-0.25, -0.2) is 4.79 Å². The van der Waals surface area contributed by atoms with Crippen LogP contribution in [0.2, 0.25) is 0 Å². The van der Waals surface area contributed by atoms with Crippen molar-refractivity contribution in [2.45, 2.75) is 18.8 Å². The van der Waals surface area contributed by atoms with Crippen molar-refractivity contribution in [3.05, 3.63) is 46.7 Å². The van der Waals surface area contributed by atoms with E-state index in [0.29, 0.717) is 30.5 Å². The average molecular weight is 386 g/mol. The van der Waals surface area contributed by atoms with Gasteiger partial charge in [0.15, 0.2) is 5.78 Å². The Morgan fingerprint density at radius 3 is 2.64 bits per heavy atom. The van der Waals surface area contributed by atoms with Crippen molar-refractivity contribution < 1.29 is 24.2 Å². The minimum Gasteiger partial charge on any atom is -0.511 e. The number of morpholine rings is 1. The number of carbonyl (C=O) groups is 2. The Bertz CT molecular complexity index is 764. The van der Waals surface area contributed by atoms with Crippen LogP contribution < -0.4 is 0 Å². The number of nitrogens with zero attached hydrogens (tertiary/aromatic N) is 2. The summed E-state index contributed by atoms with van der Waals surface area (Å²) in [7, 11) is 1.34. The molecule has 150 valence electrons. The number of methoxy groups -OCH3 is 1. The second kappa shape index (κ2) is 9.61. The summed E-state index contributed by atoms with van der Waals surface area (Å²) in [5.41, 5.74) is 1.68. The van der Waals surface area contributed by atoms with Crippen molar-refractivity contribution in [2.75, 3.05) is 46.5 Å². The number of ketones is 1. The average Bonchev–Trinajstić information content (AvgIpc) is 2.73. The molecule has 1 aliphatic heterocycles. The Hall–Kier alpha value is -2.51. The third kappa shape index (κ3) is 5.05. The van der Waals surface area contributed by atoms with Gasteiger partial charge >= 0.3 is 5.97 Å². The highest BCUT2D eigenvalue weighted by molar-refractivity contribution is 6.14. The zero-order chi connectivity index (χ0) is 19.9. The number of allylic oxidation sites excluding steroid dienone is 2. The molecule has 1 aromatic rings. The fourth-order valence-electron chi connectivity index (χ4n) is 3.48. The first kappa shape index (κ1) is 20.2. The van der Waals surface area contributed by atoms with Gasteiger partial charge in [-0.1, -0.05) is 12.1 Å². The van der Waals surface area contributed by atoms with Crippen LogP contribution in [0.3, 0.4) is 0 Å². The second-order valence-corrected chi connectivity index (χ2v) is 6.99. The topological polar surface area (TPSA) is 88.4 Å². The van der Waals surface area contributed by atoms with Crippen LogP contribution in [0, 0.1) is 0 Å². The molecule has 1 N–H and O–H groups in total. The monoisotopic (exact) mass is 386 g/mol. The number of aliphatic imine (C=N–C) groups is 1. The molecule has 2 aliphatic rings. The first-order chi connectivity index (χ1) is 13.6. The maximum Gasteiger partial charge on any atom is 0.337 e. The molecular weight excluding hydrogens is 360 g/mol. The molecule has 7 heteroatoms. The summed E-state index contributed by atoms with van der Waals surface area (Å²) in [6, 6.07) is 6.96. The van der Waals surface area contributed by atoms with Crippen LogP contribution in [0.1, 0.15) is 34.7 Å². The van der Waals surface area contributed by atoms with E-state index >= 15 is 0 Å². The van der Waals surface area contributed by atoms with Crippen molar-refractivity contribution in [3.63, 3.8) is 0 Å². The van der Waals surface area contributed by atoms with Gasteiger partial charge < -0.3 is 14.6 Å². The maximum atomic E-state index is 12.5. The number of carbonyl (C=O) groups excluding carboxylic acids is 2. The summed E-state index contributed by atoms with van der Waals surface area (Å²) in [5, 5.41) is 10.4. The van der Waals surface area contributed by atoms with Gasteiger partial charge in [0.25, 0.3) is 0 Å². The normalized spacial score (nSPS) is 21.3. The van der Waals surface area contributed by atoms with Gasteiger partial charge in [0.2, 0.25) is 0 Å². The van der Waals surface area contributed by atoms with Crippen molar-refractivity contribution >= 4 is 18.0 Å². The van der Waals surface area contributed by atoms with Crippen LogP contribution in [-0.4, -0.2) is 74.5 Å². The maximum absolute atomic E-state index is 12.5. The number of esters is 1. The van der Waals surface area contributed by atoms with Gasteiger partial charge in [-0.05, 0) is 23.6 Å². The Balaban J connectivity index is 1.58. The molecule has 1 heterocycles. The number of hydrogen-bond acceptors (Lipinski definition) is 7. The zero-order valence-corrected chi connectivity index (χ0v) is 16.1. The van der Waals surface area contributed by atoms with Crippen molar-refractivity contribution in [2.24, 2.45) is 4.99 Å². The molecule has 1 saturated heterocycles. The molecule has 1 unspecified atom stereocenters. The molecule has 28 heavy (non-hydrogen) atoms. The predicted octanol–water partition coefficient (Wildman–Crippen LogP) is 2.13. The Labute approximate surface area is 164 Å². The van der Waals surface area contributed by atoms with Crippen LogP contribution in [0.4, 0.5) is 0 Å². The molecule has 0 aromatic heterocycles. The zero-order valence-electron chi connectivity index (χ0n) is 16.1. The first-order valence-electron chi connectivity index (χ1n) is 9.52. The van der Waals surface area contributed by atoms with Gasteiger partial charge in [-0.15, -0.1) is 0 Å². The van der Waals surface area contributed by atoms with E-state index in [1.54, 1.807) is 24.3 Å². The number of aliphatic hydroxyl groups is 1. The molecule has 3 rings (SSSR count). The van der Waals surface area contributed by atoms with Crippen LogP contribution in [0.25, 0.3) is 0 Å². The summed E-state index contributed by atoms with van der Waals surface area (Å²) in [5.74, 6) is -0.538. The third-order valence-electron chi connectivity index (χ3n) is 5.16. The molecule has 1 atom stereocenters. The minimum atomic E-state index is -0.399. The van der Waals surface area contributed by atoms with Crippen LogP contribution in [0.5, 0.6) is 0 Å². The van der Waals surface area contributed by atoms with Gasteiger partial charge in [0.1, 0.15) is 5.76 Å². The van der Waals surface area contributed by atoms with E-state index in [1.807, 2.05) is 0 Å². The third-order valence-corrected chi connectivity index (χ3v) is 5.16. The number of Topliss-reactive ketones (excluding diaryl/α,β-unsaturated/α-hetero) is 1. The quantitative estimate of drug-likeness (QED) is 0.595. The predicted molar refractivity (Wildman–Crippen MR) is 105 cm³/mol. The standard InChI is InChI=1S/C21H26N2O5/c1-27-21(26)16-4-2-15(3-5-16)17-12-19(24)18(20(25)13-17)14-22-6-7-23-8-10-28-11-9-23/h2-5,14,17,24H,6-13H2,1H3. The van der Waals surface area contributed by atoms with Crippen LogP contribution in [-0.2, 0) is 14.3 Å². The molecule has 1 aliphatic carbocycles.